The van der Waals surface area contributed by atoms with Crippen molar-refractivity contribution in [3.63, 3.8) is 0 Å². The smallest absolute Gasteiger partial charge is 0.0470 e. The van der Waals surface area contributed by atoms with Crippen LogP contribution < -0.4 is 5.73 Å². The summed E-state index contributed by atoms with van der Waals surface area (Å²) in [5.74, 6) is 0.663. The Bertz CT molecular complexity index is 339. The molecule has 1 unspecified atom stereocenters. The summed E-state index contributed by atoms with van der Waals surface area (Å²) in [5.41, 5.74) is 7.25. The Labute approximate surface area is 113 Å². The summed E-state index contributed by atoms with van der Waals surface area (Å²) >= 11 is 3.52. The highest BCUT2D eigenvalue weighted by Gasteiger charge is 2.18. The molecule has 96 valence electrons. The number of halogens is 1. The van der Waals surface area contributed by atoms with Crippen molar-refractivity contribution in [2.45, 2.75) is 26.8 Å². The Balaban J connectivity index is 2.88. The molecule has 2 N–H and O–H groups in total. The Morgan fingerprint density at radius 2 is 2.06 bits per heavy atom. The first-order valence-electron chi connectivity index (χ1n) is 6.28. The van der Waals surface area contributed by atoms with Crippen LogP contribution in [0.15, 0.2) is 28.7 Å². The Morgan fingerprint density at radius 3 is 2.53 bits per heavy atom. The number of nitrogens with zero attached hydrogens (tertiary/aromatic N) is 1. The van der Waals surface area contributed by atoms with Crippen molar-refractivity contribution in [2.24, 2.45) is 11.7 Å². The lowest BCUT2D eigenvalue weighted by molar-refractivity contribution is 0.189. The van der Waals surface area contributed by atoms with Gasteiger partial charge in [-0.25, -0.2) is 0 Å². The zero-order valence-electron chi connectivity index (χ0n) is 11.0. The molecule has 0 heterocycles. The molecule has 2 nitrogen and oxygen atoms in total. The largest absolute Gasteiger partial charge is 0.329 e. The predicted octanol–water partition coefficient (Wildman–Crippen LogP) is 3.43. The van der Waals surface area contributed by atoms with E-state index < -0.39 is 0 Å². The van der Waals surface area contributed by atoms with E-state index in [1.807, 2.05) is 0 Å². The molecular weight excluding hydrogens is 276 g/mol. The van der Waals surface area contributed by atoms with E-state index in [1.54, 1.807) is 0 Å². The highest BCUT2D eigenvalue weighted by molar-refractivity contribution is 9.10. The summed E-state index contributed by atoms with van der Waals surface area (Å²) < 4.78 is 1.12. The fraction of sp³-hybridized carbons (Fsp3) is 0.571. The van der Waals surface area contributed by atoms with E-state index in [2.05, 4.69) is 65.9 Å². The van der Waals surface area contributed by atoms with Gasteiger partial charge in [-0.3, -0.25) is 4.90 Å². The number of rotatable bonds is 6. The molecule has 0 aliphatic rings. The monoisotopic (exact) mass is 298 g/mol. The molecule has 0 spiro atoms. The average molecular weight is 299 g/mol. The van der Waals surface area contributed by atoms with Gasteiger partial charge in [0.25, 0.3) is 0 Å². The molecule has 17 heavy (non-hydrogen) atoms. The molecule has 0 aliphatic carbocycles. The van der Waals surface area contributed by atoms with Gasteiger partial charge in [-0.1, -0.05) is 48.8 Å². The zero-order valence-corrected chi connectivity index (χ0v) is 12.6. The van der Waals surface area contributed by atoms with E-state index in [0.29, 0.717) is 18.5 Å². The topological polar surface area (TPSA) is 29.3 Å². The summed E-state index contributed by atoms with van der Waals surface area (Å²) in [6, 6.07) is 8.77. The molecule has 1 aromatic rings. The van der Waals surface area contributed by atoms with Gasteiger partial charge in [-0.2, -0.15) is 0 Å². The minimum Gasteiger partial charge on any atom is -0.329 e. The molecule has 0 aromatic heterocycles. The maximum atomic E-state index is 5.95. The Hall–Kier alpha value is -0.380. The molecule has 0 saturated carbocycles. The van der Waals surface area contributed by atoms with Crippen molar-refractivity contribution in [1.82, 2.24) is 4.90 Å². The van der Waals surface area contributed by atoms with Gasteiger partial charge in [0.2, 0.25) is 0 Å². The summed E-state index contributed by atoms with van der Waals surface area (Å²) in [4.78, 5) is 2.45. The second kappa shape index (κ2) is 7.14. The first-order chi connectivity index (χ1) is 8.08. The van der Waals surface area contributed by atoms with E-state index >= 15 is 0 Å². The molecule has 1 atom stereocenters. The number of hydrogen-bond acceptors (Lipinski definition) is 2. The zero-order chi connectivity index (χ0) is 12.8. The van der Waals surface area contributed by atoms with Crippen LogP contribution in [0.1, 0.15) is 32.4 Å². The normalized spacial score (nSPS) is 13.4. The minimum absolute atomic E-state index is 0.319. The molecule has 1 aromatic carbocycles. The van der Waals surface area contributed by atoms with Gasteiger partial charge >= 0.3 is 0 Å². The summed E-state index contributed by atoms with van der Waals surface area (Å²) in [6.45, 7) is 9.48. The van der Waals surface area contributed by atoms with Gasteiger partial charge in [-0.05, 0) is 30.2 Å². The number of benzene rings is 1. The predicted molar refractivity (Wildman–Crippen MR) is 78.0 cm³/mol. The third-order valence-corrected chi connectivity index (χ3v) is 3.40. The van der Waals surface area contributed by atoms with Gasteiger partial charge in [0.1, 0.15) is 0 Å². The Morgan fingerprint density at radius 1 is 1.35 bits per heavy atom. The molecule has 0 saturated heterocycles. The number of nitrogens with two attached hydrogens (primary N) is 1. The first kappa shape index (κ1) is 14.7. The number of hydrogen-bond donors (Lipinski definition) is 1. The minimum atomic E-state index is 0.319. The van der Waals surface area contributed by atoms with Gasteiger partial charge in [0.05, 0.1) is 0 Å². The molecular formula is C14H23BrN2. The van der Waals surface area contributed by atoms with E-state index in [4.69, 9.17) is 5.73 Å². The third kappa shape index (κ3) is 4.41. The highest BCUT2D eigenvalue weighted by atomic mass is 79.9. The van der Waals surface area contributed by atoms with Crippen LogP contribution in [0.3, 0.4) is 0 Å². The van der Waals surface area contributed by atoms with Crippen LogP contribution in [-0.2, 0) is 0 Å². The van der Waals surface area contributed by atoms with Crippen LogP contribution in [0.25, 0.3) is 0 Å². The van der Waals surface area contributed by atoms with Gasteiger partial charge in [-0.15, -0.1) is 0 Å². The Kier molecular flexibility index (Phi) is 6.17. The quantitative estimate of drug-likeness (QED) is 0.872. The molecule has 0 bridgehead atoms. The van der Waals surface area contributed by atoms with Crippen LogP contribution in [0.2, 0.25) is 0 Å². The summed E-state index contributed by atoms with van der Waals surface area (Å²) in [6.07, 6.45) is 0. The van der Waals surface area contributed by atoms with E-state index in [9.17, 15) is 0 Å². The molecule has 0 fully saturated rings. The average Bonchev–Trinajstić information content (AvgIpc) is 2.28. The maximum Gasteiger partial charge on any atom is 0.0470 e. The molecule has 0 aliphatic heterocycles. The van der Waals surface area contributed by atoms with Crippen LogP contribution in [0.5, 0.6) is 0 Å². The second-order valence-corrected chi connectivity index (χ2v) is 5.70. The third-order valence-electron chi connectivity index (χ3n) is 2.90. The molecule has 0 amide bonds. The lowest BCUT2D eigenvalue weighted by atomic mass is 10.0. The van der Waals surface area contributed by atoms with Crippen molar-refractivity contribution in [2.75, 3.05) is 19.6 Å². The lowest BCUT2D eigenvalue weighted by Crippen LogP contribution is -2.36. The van der Waals surface area contributed by atoms with Crippen LogP contribution >= 0.6 is 15.9 Å². The van der Waals surface area contributed by atoms with Crippen molar-refractivity contribution in [1.29, 1.82) is 0 Å². The molecule has 3 heteroatoms. The fourth-order valence-corrected chi connectivity index (χ4v) is 2.57. The van der Waals surface area contributed by atoms with E-state index in [0.717, 1.165) is 17.6 Å². The van der Waals surface area contributed by atoms with Gasteiger partial charge in [0.15, 0.2) is 0 Å². The van der Waals surface area contributed by atoms with Crippen LogP contribution in [0.4, 0.5) is 0 Å². The second-order valence-electron chi connectivity index (χ2n) is 4.79. The SMILES string of the molecule is CCN(CC(C)C)C(CN)c1cccc(Br)c1. The summed E-state index contributed by atoms with van der Waals surface area (Å²) in [7, 11) is 0. The van der Waals surface area contributed by atoms with E-state index in [-0.39, 0.29) is 0 Å². The van der Waals surface area contributed by atoms with Gasteiger partial charge in [0, 0.05) is 23.6 Å². The van der Waals surface area contributed by atoms with Crippen LogP contribution in [0, 0.1) is 5.92 Å². The highest BCUT2D eigenvalue weighted by Crippen LogP contribution is 2.23. The maximum absolute atomic E-state index is 5.95. The fourth-order valence-electron chi connectivity index (χ4n) is 2.16. The van der Waals surface area contributed by atoms with Crippen molar-refractivity contribution < 1.29 is 0 Å². The number of likely N-dealkylation sites (N-methyl/N-ethyl adjacent to an activating group) is 1. The molecule has 0 radical (unpaired) electrons. The van der Waals surface area contributed by atoms with E-state index in [1.165, 1.54) is 5.56 Å². The standard InChI is InChI=1S/C14H23BrN2/c1-4-17(10-11(2)3)14(9-16)12-6-5-7-13(15)8-12/h5-8,11,14H,4,9-10,16H2,1-3H3. The molecule has 1 rings (SSSR count). The van der Waals surface area contributed by atoms with Gasteiger partial charge < -0.3 is 5.73 Å². The van der Waals surface area contributed by atoms with Crippen molar-refractivity contribution in [3.05, 3.63) is 34.3 Å². The lowest BCUT2D eigenvalue weighted by Gasteiger charge is -2.31. The van der Waals surface area contributed by atoms with Crippen LogP contribution in [-0.4, -0.2) is 24.5 Å². The van der Waals surface area contributed by atoms with Crippen molar-refractivity contribution in [3.8, 4) is 0 Å². The van der Waals surface area contributed by atoms with Crippen molar-refractivity contribution >= 4 is 15.9 Å². The summed E-state index contributed by atoms with van der Waals surface area (Å²) in [5, 5.41) is 0. The first-order valence-corrected chi connectivity index (χ1v) is 7.07.